The van der Waals surface area contributed by atoms with Crippen molar-refractivity contribution in [1.82, 2.24) is 5.32 Å². The number of rotatable bonds is 5. The van der Waals surface area contributed by atoms with Crippen molar-refractivity contribution in [2.45, 2.75) is 26.1 Å². The molecule has 0 radical (unpaired) electrons. The Morgan fingerprint density at radius 3 is 2.55 bits per heavy atom. The third-order valence-electron chi connectivity index (χ3n) is 2.65. The summed E-state index contributed by atoms with van der Waals surface area (Å²) in [5.74, 6) is -2.35. The summed E-state index contributed by atoms with van der Waals surface area (Å²) in [5, 5.41) is 11.0. The number of halogens is 3. The van der Waals surface area contributed by atoms with E-state index >= 15 is 0 Å². The van der Waals surface area contributed by atoms with Crippen LogP contribution in [0.15, 0.2) is 24.3 Å². The number of hydrogen-bond acceptors (Lipinski definition) is 2. The minimum absolute atomic E-state index is 0.0767. The SMILES string of the molecule is CC(CC(=O)O)C(=O)NCc1cccc(C(F)(F)F)c1. The van der Waals surface area contributed by atoms with Crippen LogP contribution < -0.4 is 5.32 Å². The number of alkyl halides is 3. The van der Waals surface area contributed by atoms with Crippen LogP contribution in [0.2, 0.25) is 0 Å². The van der Waals surface area contributed by atoms with Gasteiger partial charge in [-0.15, -0.1) is 0 Å². The first-order valence-electron chi connectivity index (χ1n) is 5.86. The van der Waals surface area contributed by atoms with Crippen molar-refractivity contribution < 1.29 is 27.9 Å². The van der Waals surface area contributed by atoms with Gasteiger partial charge in [0.15, 0.2) is 0 Å². The zero-order valence-corrected chi connectivity index (χ0v) is 10.7. The van der Waals surface area contributed by atoms with Crippen LogP contribution >= 0.6 is 0 Å². The molecular formula is C13H14F3NO3. The zero-order valence-electron chi connectivity index (χ0n) is 10.7. The molecule has 1 rings (SSSR count). The smallest absolute Gasteiger partial charge is 0.416 e. The average Bonchev–Trinajstić information content (AvgIpc) is 2.34. The van der Waals surface area contributed by atoms with Crippen molar-refractivity contribution in [3.8, 4) is 0 Å². The van der Waals surface area contributed by atoms with Crippen LogP contribution in [-0.4, -0.2) is 17.0 Å². The average molecular weight is 289 g/mol. The Kier molecular flexibility index (Phi) is 5.12. The first kappa shape index (κ1) is 16.0. The minimum atomic E-state index is -4.43. The maximum absolute atomic E-state index is 12.5. The quantitative estimate of drug-likeness (QED) is 0.875. The number of nitrogens with one attached hydrogen (secondary N) is 1. The van der Waals surface area contributed by atoms with E-state index in [-0.39, 0.29) is 13.0 Å². The molecule has 110 valence electrons. The molecule has 1 amide bonds. The van der Waals surface area contributed by atoms with Gasteiger partial charge in [0, 0.05) is 12.5 Å². The Balaban J connectivity index is 2.62. The van der Waals surface area contributed by atoms with E-state index in [0.29, 0.717) is 5.56 Å². The Morgan fingerprint density at radius 1 is 1.35 bits per heavy atom. The van der Waals surface area contributed by atoms with E-state index in [2.05, 4.69) is 5.32 Å². The van der Waals surface area contributed by atoms with Gasteiger partial charge in [-0.2, -0.15) is 13.2 Å². The van der Waals surface area contributed by atoms with Crippen molar-refractivity contribution >= 4 is 11.9 Å². The summed E-state index contributed by atoms with van der Waals surface area (Å²) < 4.78 is 37.5. The van der Waals surface area contributed by atoms with Gasteiger partial charge in [-0.25, -0.2) is 0 Å². The van der Waals surface area contributed by atoms with Gasteiger partial charge in [-0.05, 0) is 17.7 Å². The van der Waals surface area contributed by atoms with E-state index in [9.17, 15) is 22.8 Å². The topological polar surface area (TPSA) is 66.4 Å². The molecule has 20 heavy (non-hydrogen) atoms. The second-order valence-corrected chi connectivity index (χ2v) is 4.41. The number of benzene rings is 1. The molecule has 0 heterocycles. The molecule has 0 saturated carbocycles. The molecule has 1 aromatic rings. The highest BCUT2D eigenvalue weighted by molar-refractivity contribution is 5.82. The van der Waals surface area contributed by atoms with E-state index in [1.165, 1.54) is 19.1 Å². The molecule has 1 atom stereocenters. The number of hydrogen-bond donors (Lipinski definition) is 2. The van der Waals surface area contributed by atoms with Crippen molar-refractivity contribution in [2.75, 3.05) is 0 Å². The number of aliphatic carboxylic acids is 1. The second kappa shape index (κ2) is 6.40. The number of carboxylic acids is 1. The summed E-state index contributed by atoms with van der Waals surface area (Å²) in [6.07, 6.45) is -4.76. The van der Waals surface area contributed by atoms with E-state index in [0.717, 1.165) is 12.1 Å². The van der Waals surface area contributed by atoms with Crippen LogP contribution in [0.5, 0.6) is 0 Å². The molecular weight excluding hydrogens is 275 g/mol. The monoisotopic (exact) mass is 289 g/mol. The molecule has 0 saturated heterocycles. The van der Waals surface area contributed by atoms with Crippen LogP contribution in [-0.2, 0) is 22.3 Å². The first-order chi connectivity index (χ1) is 9.20. The van der Waals surface area contributed by atoms with Gasteiger partial charge in [0.1, 0.15) is 0 Å². The summed E-state index contributed by atoms with van der Waals surface area (Å²) in [5.41, 5.74) is -0.487. The highest BCUT2D eigenvalue weighted by atomic mass is 19.4. The maximum Gasteiger partial charge on any atom is 0.416 e. The Hall–Kier alpha value is -2.05. The van der Waals surface area contributed by atoms with Gasteiger partial charge in [-0.1, -0.05) is 19.1 Å². The molecule has 7 heteroatoms. The van der Waals surface area contributed by atoms with Gasteiger partial charge < -0.3 is 10.4 Å². The van der Waals surface area contributed by atoms with E-state index in [1.54, 1.807) is 0 Å². The number of carboxylic acid groups (broad SMARTS) is 1. The molecule has 0 aromatic heterocycles. The molecule has 0 aliphatic heterocycles. The van der Waals surface area contributed by atoms with Crippen molar-refractivity contribution in [3.05, 3.63) is 35.4 Å². The molecule has 0 aliphatic carbocycles. The number of amides is 1. The summed E-state index contributed by atoms with van der Waals surface area (Å²) in [7, 11) is 0. The fraction of sp³-hybridized carbons (Fsp3) is 0.385. The van der Waals surface area contributed by atoms with Gasteiger partial charge >= 0.3 is 12.1 Å². The summed E-state index contributed by atoms with van der Waals surface area (Å²) >= 11 is 0. The normalized spacial score (nSPS) is 12.8. The van der Waals surface area contributed by atoms with Crippen molar-refractivity contribution in [1.29, 1.82) is 0 Å². The van der Waals surface area contributed by atoms with E-state index in [4.69, 9.17) is 5.11 Å². The highest BCUT2D eigenvalue weighted by Crippen LogP contribution is 2.29. The zero-order chi connectivity index (χ0) is 15.3. The van der Waals surface area contributed by atoms with Crippen LogP contribution in [0.1, 0.15) is 24.5 Å². The van der Waals surface area contributed by atoms with Gasteiger partial charge in [0.25, 0.3) is 0 Å². The van der Waals surface area contributed by atoms with Gasteiger partial charge in [0.2, 0.25) is 5.91 Å². The molecule has 0 spiro atoms. The molecule has 0 fully saturated rings. The lowest BCUT2D eigenvalue weighted by Crippen LogP contribution is -2.30. The minimum Gasteiger partial charge on any atom is -0.481 e. The fourth-order valence-corrected chi connectivity index (χ4v) is 1.58. The van der Waals surface area contributed by atoms with Crippen LogP contribution in [0, 0.1) is 5.92 Å². The second-order valence-electron chi connectivity index (χ2n) is 4.41. The van der Waals surface area contributed by atoms with Crippen LogP contribution in [0.4, 0.5) is 13.2 Å². The van der Waals surface area contributed by atoms with E-state index in [1.807, 2.05) is 0 Å². The lowest BCUT2D eigenvalue weighted by Gasteiger charge is -2.12. The lowest BCUT2D eigenvalue weighted by molar-refractivity contribution is -0.141. The Labute approximate surface area is 113 Å². The molecule has 0 bridgehead atoms. The van der Waals surface area contributed by atoms with Crippen LogP contribution in [0.3, 0.4) is 0 Å². The van der Waals surface area contributed by atoms with Crippen LogP contribution in [0.25, 0.3) is 0 Å². The Bertz CT molecular complexity index is 500. The predicted molar refractivity (Wildman–Crippen MR) is 64.7 cm³/mol. The largest absolute Gasteiger partial charge is 0.481 e. The highest BCUT2D eigenvalue weighted by Gasteiger charge is 2.30. The summed E-state index contributed by atoms with van der Waals surface area (Å²) in [4.78, 5) is 22.0. The predicted octanol–water partition coefficient (Wildman–Crippen LogP) is 2.43. The summed E-state index contributed by atoms with van der Waals surface area (Å²) in [6.45, 7) is 1.36. The van der Waals surface area contributed by atoms with E-state index < -0.39 is 29.5 Å². The molecule has 0 aliphatic rings. The van der Waals surface area contributed by atoms with Gasteiger partial charge in [-0.3, -0.25) is 9.59 Å². The van der Waals surface area contributed by atoms with Gasteiger partial charge in [0.05, 0.1) is 12.0 Å². The third kappa shape index (κ3) is 4.91. The lowest BCUT2D eigenvalue weighted by atomic mass is 10.1. The molecule has 1 aromatic carbocycles. The molecule has 2 N–H and O–H groups in total. The number of carbonyl (C=O) groups excluding carboxylic acids is 1. The summed E-state index contributed by atoms with van der Waals surface area (Å²) in [6, 6.07) is 4.60. The van der Waals surface area contributed by atoms with Crippen molar-refractivity contribution in [2.24, 2.45) is 5.92 Å². The third-order valence-corrected chi connectivity index (χ3v) is 2.65. The standard InChI is InChI=1S/C13H14F3NO3/c1-8(5-11(18)19)12(20)17-7-9-3-2-4-10(6-9)13(14,15)16/h2-4,6,8H,5,7H2,1H3,(H,17,20)(H,18,19). The fourth-order valence-electron chi connectivity index (χ4n) is 1.58. The first-order valence-corrected chi connectivity index (χ1v) is 5.86. The molecule has 1 unspecified atom stereocenters. The number of carbonyl (C=O) groups is 2. The Morgan fingerprint density at radius 2 is 2.00 bits per heavy atom. The maximum atomic E-state index is 12.5. The van der Waals surface area contributed by atoms with Crippen molar-refractivity contribution in [3.63, 3.8) is 0 Å². The molecule has 4 nitrogen and oxygen atoms in total.